The van der Waals surface area contributed by atoms with Crippen molar-refractivity contribution in [2.24, 2.45) is 0 Å². The Balaban J connectivity index is 2.15. The summed E-state index contributed by atoms with van der Waals surface area (Å²) in [6.45, 7) is 0. The van der Waals surface area contributed by atoms with Gasteiger partial charge in [0.15, 0.2) is 0 Å². The van der Waals surface area contributed by atoms with E-state index >= 15 is 0 Å². The topological polar surface area (TPSA) is 46.5 Å². The fourth-order valence-electron chi connectivity index (χ4n) is 1.65. The van der Waals surface area contributed by atoms with E-state index in [1.165, 1.54) is 0 Å². The van der Waals surface area contributed by atoms with Crippen molar-refractivity contribution in [2.45, 2.75) is 25.0 Å². The molecule has 0 aliphatic carbocycles. The zero-order valence-electron chi connectivity index (χ0n) is 7.72. The van der Waals surface area contributed by atoms with Crippen molar-refractivity contribution in [1.29, 1.82) is 0 Å². The van der Waals surface area contributed by atoms with Gasteiger partial charge < -0.3 is 9.84 Å². The molecule has 0 unspecified atom stereocenters. The van der Waals surface area contributed by atoms with Crippen LogP contribution in [0.4, 0.5) is 0 Å². The number of esters is 1. The van der Waals surface area contributed by atoms with Crippen molar-refractivity contribution < 1.29 is 14.6 Å². The summed E-state index contributed by atoms with van der Waals surface area (Å²) in [5.74, 6) is -0.322. The number of carbonyl (C=O) groups excluding carboxylic acids is 1. The second-order valence-electron chi connectivity index (χ2n) is 3.48. The molecule has 1 N–H and O–H groups in total. The molecule has 1 saturated heterocycles. The van der Waals surface area contributed by atoms with E-state index in [2.05, 4.69) is 0 Å². The Labute approximate surface area is 82.3 Å². The van der Waals surface area contributed by atoms with Gasteiger partial charge in [-0.2, -0.15) is 0 Å². The first-order chi connectivity index (χ1) is 6.75. The Kier molecular flexibility index (Phi) is 2.50. The lowest BCUT2D eigenvalue weighted by Gasteiger charge is -2.26. The average Bonchev–Trinajstić information content (AvgIpc) is 2.18. The second-order valence-corrected chi connectivity index (χ2v) is 3.48. The monoisotopic (exact) mass is 192 g/mol. The molecule has 0 aromatic heterocycles. The molecular weight excluding hydrogens is 180 g/mol. The minimum absolute atomic E-state index is 0.114. The third-order valence-corrected chi connectivity index (χ3v) is 2.33. The summed E-state index contributed by atoms with van der Waals surface area (Å²) in [7, 11) is 0. The summed E-state index contributed by atoms with van der Waals surface area (Å²) in [5, 5.41) is 9.41. The molecule has 3 heteroatoms. The van der Waals surface area contributed by atoms with Gasteiger partial charge in [-0.25, -0.2) is 0 Å². The first-order valence-corrected chi connectivity index (χ1v) is 4.68. The number of aliphatic hydroxyl groups excluding tert-OH is 1. The van der Waals surface area contributed by atoms with E-state index in [0.29, 0.717) is 6.42 Å². The van der Waals surface area contributed by atoms with Gasteiger partial charge in [0.1, 0.15) is 6.10 Å². The van der Waals surface area contributed by atoms with Crippen molar-refractivity contribution in [1.82, 2.24) is 0 Å². The Morgan fingerprint density at radius 1 is 1.29 bits per heavy atom. The first kappa shape index (κ1) is 9.21. The predicted octanol–water partition coefficient (Wildman–Crippen LogP) is 1.43. The molecule has 3 nitrogen and oxygen atoms in total. The number of benzene rings is 1. The van der Waals surface area contributed by atoms with Crippen LogP contribution in [0, 0.1) is 0 Å². The van der Waals surface area contributed by atoms with E-state index in [4.69, 9.17) is 4.74 Å². The van der Waals surface area contributed by atoms with Crippen molar-refractivity contribution in [3.8, 4) is 0 Å². The van der Waals surface area contributed by atoms with Gasteiger partial charge in [0.25, 0.3) is 0 Å². The van der Waals surface area contributed by atoms with Crippen LogP contribution in [-0.2, 0) is 9.53 Å². The molecule has 1 aliphatic rings. The third kappa shape index (κ3) is 1.93. The molecule has 2 atom stereocenters. The molecule has 1 heterocycles. The van der Waals surface area contributed by atoms with E-state index in [0.717, 1.165) is 5.56 Å². The number of hydrogen-bond acceptors (Lipinski definition) is 3. The zero-order valence-corrected chi connectivity index (χ0v) is 7.72. The van der Waals surface area contributed by atoms with Crippen LogP contribution in [0.2, 0.25) is 0 Å². The fourth-order valence-corrected chi connectivity index (χ4v) is 1.65. The van der Waals surface area contributed by atoms with E-state index in [1.807, 2.05) is 30.3 Å². The molecule has 0 saturated carbocycles. The summed E-state index contributed by atoms with van der Waals surface area (Å²) in [6, 6.07) is 9.49. The maximum absolute atomic E-state index is 11.1. The summed E-state index contributed by atoms with van der Waals surface area (Å²) in [5.41, 5.74) is 0.944. The highest BCUT2D eigenvalue weighted by molar-refractivity contribution is 5.71. The van der Waals surface area contributed by atoms with Gasteiger partial charge in [-0.3, -0.25) is 4.79 Å². The van der Waals surface area contributed by atoms with Crippen LogP contribution in [0.3, 0.4) is 0 Å². The molecule has 0 amide bonds. The maximum atomic E-state index is 11.1. The van der Waals surface area contributed by atoms with Gasteiger partial charge in [0.2, 0.25) is 0 Å². The van der Waals surface area contributed by atoms with E-state index in [9.17, 15) is 9.90 Å². The number of rotatable bonds is 1. The molecule has 2 rings (SSSR count). The second kappa shape index (κ2) is 3.80. The van der Waals surface area contributed by atoms with Crippen molar-refractivity contribution in [3.63, 3.8) is 0 Å². The Morgan fingerprint density at radius 2 is 2.00 bits per heavy atom. The van der Waals surface area contributed by atoms with Crippen molar-refractivity contribution in [2.75, 3.05) is 0 Å². The van der Waals surface area contributed by atoms with Gasteiger partial charge >= 0.3 is 5.97 Å². The molecule has 1 aromatic rings. The van der Waals surface area contributed by atoms with E-state index in [-0.39, 0.29) is 18.5 Å². The Bertz CT molecular complexity index is 321. The van der Waals surface area contributed by atoms with Gasteiger partial charge in [0.05, 0.1) is 12.5 Å². The highest BCUT2D eigenvalue weighted by Crippen LogP contribution is 2.28. The molecule has 0 spiro atoms. The molecule has 14 heavy (non-hydrogen) atoms. The Hall–Kier alpha value is -1.35. The van der Waals surface area contributed by atoms with Crippen LogP contribution in [0.15, 0.2) is 30.3 Å². The highest BCUT2D eigenvalue weighted by Gasteiger charge is 2.27. The van der Waals surface area contributed by atoms with Gasteiger partial charge in [-0.15, -0.1) is 0 Å². The maximum Gasteiger partial charge on any atom is 0.309 e. The lowest BCUT2D eigenvalue weighted by molar-refractivity contribution is -0.160. The van der Waals surface area contributed by atoms with Crippen molar-refractivity contribution in [3.05, 3.63) is 35.9 Å². The highest BCUT2D eigenvalue weighted by atomic mass is 16.5. The van der Waals surface area contributed by atoms with Crippen molar-refractivity contribution >= 4 is 5.97 Å². The molecule has 1 fully saturated rings. The summed E-state index contributed by atoms with van der Waals surface area (Å²) < 4.78 is 5.14. The van der Waals surface area contributed by atoms with Crippen LogP contribution in [-0.4, -0.2) is 17.2 Å². The van der Waals surface area contributed by atoms with Gasteiger partial charge in [-0.05, 0) is 5.56 Å². The molecule has 0 radical (unpaired) electrons. The average molecular weight is 192 g/mol. The molecular formula is C11H12O3. The van der Waals surface area contributed by atoms with Crippen LogP contribution >= 0.6 is 0 Å². The number of aliphatic hydroxyl groups is 1. The summed E-state index contributed by atoms with van der Waals surface area (Å²) in [4.78, 5) is 11.1. The molecule has 74 valence electrons. The minimum Gasteiger partial charge on any atom is -0.457 e. The molecule has 1 aliphatic heterocycles. The lowest BCUT2D eigenvalue weighted by atomic mass is 9.99. The van der Waals surface area contributed by atoms with Gasteiger partial charge in [0, 0.05) is 6.42 Å². The number of hydrogen-bond donors (Lipinski definition) is 1. The quantitative estimate of drug-likeness (QED) is 0.684. The van der Waals surface area contributed by atoms with Gasteiger partial charge in [-0.1, -0.05) is 30.3 Å². The molecule has 0 bridgehead atoms. The smallest absolute Gasteiger partial charge is 0.309 e. The van der Waals surface area contributed by atoms with E-state index < -0.39 is 6.10 Å². The first-order valence-electron chi connectivity index (χ1n) is 4.68. The third-order valence-electron chi connectivity index (χ3n) is 2.33. The zero-order chi connectivity index (χ0) is 9.97. The van der Waals surface area contributed by atoms with Crippen LogP contribution in [0.1, 0.15) is 24.5 Å². The minimum atomic E-state index is -0.568. The summed E-state index contributed by atoms with van der Waals surface area (Å²) >= 11 is 0. The van der Waals surface area contributed by atoms with Crippen LogP contribution in [0.25, 0.3) is 0 Å². The summed E-state index contributed by atoms with van der Waals surface area (Å²) in [6.07, 6.45) is -0.243. The van der Waals surface area contributed by atoms with Crippen LogP contribution < -0.4 is 0 Å². The SMILES string of the molecule is O=C1C[C@@H](O)C[C@H](c2ccccc2)O1. The number of carbonyl (C=O) groups is 1. The Morgan fingerprint density at radius 3 is 2.64 bits per heavy atom. The normalized spacial score (nSPS) is 27.1. The van der Waals surface area contributed by atoms with Crippen LogP contribution in [0.5, 0.6) is 0 Å². The largest absolute Gasteiger partial charge is 0.457 e. The lowest BCUT2D eigenvalue weighted by Crippen LogP contribution is -2.27. The van der Waals surface area contributed by atoms with E-state index in [1.54, 1.807) is 0 Å². The fraction of sp³-hybridized carbons (Fsp3) is 0.364. The standard InChI is InChI=1S/C11H12O3/c12-9-6-10(14-11(13)7-9)8-4-2-1-3-5-8/h1-5,9-10,12H,6-7H2/t9-,10+/m0/s1. The number of ether oxygens (including phenoxy) is 1. The molecule has 1 aromatic carbocycles. The predicted molar refractivity (Wildman–Crippen MR) is 50.5 cm³/mol. The number of cyclic esters (lactones) is 1.